The summed E-state index contributed by atoms with van der Waals surface area (Å²) in [5, 5.41) is 6.07. The Bertz CT molecular complexity index is 1220. The summed E-state index contributed by atoms with van der Waals surface area (Å²) in [6, 6.07) is 10.2. The van der Waals surface area contributed by atoms with E-state index in [-0.39, 0.29) is 32.6 Å². The first-order chi connectivity index (χ1) is 15.1. The number of aryl methyl sites for hydroxylation is 2. The number of carbonyl (C=O) groups is 3. The molecule has 0 saturated carbocycles. The van der Waals surface area contributed by atoms with E-state index in [1.807, 2.05) is 32.0 Å². The second-order valence-corrected chi connectivity index (χ2v) is 8.70. The molecule has 32 heavy (non-hydrogen) atoms. The molecule has 1 aromatic heterocycles. The number of thiophene rings is 1. The summed E-state index contributed by atoms with van der Waals surface area (Å²) in [4.78, 5) is 38.4. The highest BCUT2D eigenvalue weighted by Gasteiger charge is 2.27. The lowest BCUT2D eigenvalue weighted by Crippen LogP contribution is -2.14. The highest BCUT2D eigenvalue weighted by molar-refractivity contribution is 7.19. The van der Waals surface area contributed by atoms with Gasteiger partial charge in [-0.3, -0.25) is 9.59 Å². The van der Waals surface area contributed by atoms with Crippen LogP contribution in [0, 0.1) is 20.8 Å². The molecule has 0 fully saturated rings. The van der Waals surface area contributed by atoms with Crippen molar-refractivity contribution in [1.82, 2.24) is 0 Å². The molecule has 0 unspecified atom stereocenters. The van der Waals surface area contributed by atoms with Crippen molar-refractivity contribution >= 4 is 57.1 Å². The Morgan fingerprint density at radius 2 is 1.62 bits per heavy atom. The molecule has 0 aliphatic heterocycles. The third kappa shape index (κ3) is 4.92. The van der Waals surface area contributed by atoms with Gasteiger partial charge in [0.05, 0.1) is 28.3 Å². The minimum absolute atomic E-state index is 0.123. The number of ether oxygens (including phenoxy) is 1. The van der Waals surface area contributed by atoms with Crippen LogP contribution in [0.1, 0.15) is 47.1 Å². The third-order valence-corrected chi connectivity index (χ3v) is 6.26. The highest BCUT2D eigenvalue weighted by Crippen LogP contribution is 2.35. The van der Waals surface area contributed by atoms with E-state index in [4.69, 9.17) is 22.1 Å². The van der Waals surface area contributed by atoms with Crippen LogP contribution in [-0.2, 0) is 4.74 Å². The topological polar surface area (TPSA) is 111 Å². The van der Waals surface area contributed by atoms with Gasteiger partial charge in [-0.15, -0.1) is 11.3 Å². The average molecular weight is 472 g/mol. The van der Waals surface area contributed by atoms with Gasteiger partial charge in [-0.25, -0.2) is 4.79 Å². The minimum Gasteiger partial charge on any atom is -0.465 e. The summed E-state index contributed by atoms with van der Waals surface area (Å²) >= 11 is 6.91. The first-order valence-corrected chi connectivity index (χ1v) is 10.8. The number of nitrogens with one attached hydrogen (secondary N) is 2. The van der Waals surface area contributed by atoms with Crippen LogP contribution in [0.2, 0.25) is 5.02 Å². The largest absolute Gasteiger partial charge is 0.465 e. The third-order valence-electron chi connectivity index (χ3n) is 4.71. The van der Waals surface area contributed by atoms with Gasteiger partial charge in [0, 0.05) is 11.3 Å². The second-order valence-electron chi connectivity index (χ2n) is 7.27. The summed E-state index contributed by atoms with van der Waals surface area (Å²) in [6.07, 6.45) is 0. The first-order valence-electron chi connectivity index (χ1n) is 9.58. The predicted molar refractivity (Wildman–Crippen MR) is 128 cm³/mol. The van der Waals surface area contributed by atoms with Gasteiger partial charge in [0.2, 0.25) is 0 Å². The van der Waals surface area contributed by atoms with E-state index >= 15 is 0 Å². The number of hydrogen-bond acceptors (Lipinski definition) is 6. The molecule has 0 aliphatic carbocycles. The van der Waals surface area contributed by atoms with Crippen LogP contribution >= 0.6 is 22.9 Å². The molecule has 9 heteroatoms. The molecule has 0 atom stereocenters. The molecule has 7 nitrogen and oxygen atoms in total. The van der Waals surface area contributed by atoms with Crippen molar-refractivity contribution in [3.8, 4) is 0 Å². The summed E-state index contributed by atoms with van der Waals surface area (Å²) in [5.41, 5.74) is 9.48. The SMILES string of the molecule is COC(=O)c1c(NC(=O)c2ccc(Cl)c(N)c2)sc(C(=O)Nc2cc(C)cc(C)c2)c1C. The number of amides is 2. The van der Waals surface area contributed by atoms with E-state index in [0.29, 0.717) is 16.3 Å². The van der Waals surface area contributed by atoms with Crippen LogP contribution in [0.5, 0.6) is 0 Å². The lowest BCUT2D eigenvalue weighted by atomic mass is 10.1. The number of halogens is 1. The Labute approximate surface area is 194 Å². The summed E-state index contributed by atoms with van der Waals surface area (Å²) in [5.74, 6) is -1.55. The number of esters is 1. The van der Waals surface area contributed by atoms with E-state index in [1.165, 1.54) is 25.3 Å². The molecule has 3 aromatic rings. The van der Waals surface area contributed by atoms with Crippen LogP contribution < -0.4 is 16.4 Å². The maximum atomic E-state index is 13.0. The monoisotopic (exact) mass is 471 g/mol. The fourth-order valence-electron chi connectivity index (χ4n) is 3.26. The van der Waals surface area contributed by atoms with Crippen molar-refractivity contribution in [2.75, 3.05) is 23.5 Å². The van der Waals surface area contributed by atoms with E-state index in [0.717, 1.165) is 22.5 Å². The van der Waals surface area contributed by atoms with Crippen molar-refractivity contribution in [3.05, 3.63) is 74.1 Å². The van der Waals surface area contributed by atoms with Gasteiger partial charge in [-0.05, 0) is 67.8 Å². The molecular weight excluding hydrogens is 450 g/mol. The quantitative estimate of drug-likeness (QED) is 0.350. The van der Waals surface area contributed by atoms with Gasteiger partial charge in [-0.1, -0.05) is 17.7 Å². The summed E-state index contributed by atoms with van der Waals surface area (Å²) < 4.78 is 4.87. The number of hydrogen-bond donors (Lipinski definition) is 3. The van der Waals surface area contributed by atoms with Crippen molar-refractivity contribution in [3.63, 3.8) is 0 Å². The molecule has 166 valence electrons. The van der Waals surface area contributed by atoms with E-state index in [1.54, 1.807) is 6.92 Å². The normalized spacial score (nSPS) is 10.5. The minimum atomic E-state index is -0.657. The van der Waals surface area contributed by atoms with Gasteiger partial charge in [0.25, 0.3) is 11.8 Å². The number of methoxy groups -OCH3 is 1. The highest BCUT2D eigenvalue weighted by atomic mass is 35.5. The number of nitrogen functional groups attached to an aromatic ring is 1. The molecule has 0 saturated heterocycles. The standard InChI is InChI=1S/C23H22ClN3O4S/c1-11-7-12(2)9-15(8-11)26-21(29)19-13(3)18(23(30)31-4)22(32-19)27-20(28)14-5-6-16(24)17(25)10-14/h5-10H,25H2,1-4H3,(H,26,29)(H,27,28). The number of carbonyl (C=O) groups excluding carboxylic acids is 3. The summed E-state index contributed by atoms with van der Waals surface area (Å²) in [6.45, 7) is 5.51. The smallest absolute Gasteiger partial charge is 0.341 e. The maximum absolute atomic E-state index is 13.0. The number of benzene rings is 2. The Morgan fingerprint density at radius 1 is 0.969 bits per heavy atom. The molecule has 1 heterocycles. The lowest BCUT2D eigenvalue weighted by molar-refractivity contribution is 0.0601. The molecule has 2 amide bonds. The Hall–Kier alpha value is -3.36. The van der Waals surface area contributed by atoms with E-state index in [2.05, 4.69) is 10.6 Å². The fourth-order valence-corrected chi connectivity index (χ4v) is 4.46. The number of anilines is 3. The zero-order chi connectivity index (χ0) is 23.6. The van der Waals surface area contributed by atoms with Gasteiger partial charge in [0.15, 0.2) is 0 Å². The van der Waals surface area contributed by atoms with Crippen LogP contribution in [0.25, 0.3) is 0 Å². The first kappa shape index (κ1) is 23.3. The Morgan fingerprint density at radius 3 is 2.22 bits per heavy atom. The lowest BCUT2D eigenvalue weighted by Gasteiger charge is -2.07. The van der Waals surface area contributed by atoms with Crippen molar-refractivity contribution < 1.29 is 19.1 Å². The van der Waals surface area contributed by atoms with Gasteiger partial charge in [0.1, 0.15) is 5.00 Å². The second kappa shape index (κ2) is 9.42. The van der Waals surface area contributed by atoms with Crippen molar-refractivity contribution in [1.29, 1.82) is 0 Å². The average Bonchev–Trinajstić information content (AvgIpc) is 3.04. The number of nitrogens with two attached hydrogens (primary N) is 1. The zero-order valence-electron chi connectivity index (χ0n) is 18.0. The van der Waals surface area contributed by atoms with Gasteiger partial charge < -0.3 is 21.1 Å². The van der Waals surface area contributed by atoms with Crippen molar-refractivity contribution in [2.45, 2.75) is 20.8 Å². The van der Waals surface area contributed by atoms with Crippen molar-refractivity contribution in [2.24, 2.45) is 0 Å². The van der Waals surface area contributed by atoms with Crippen LogP contribution in [0.4, 0.5) is 16.4 Å². The Kier molecular flexibility index (Phi) is 6.86. The maximum Gasteiger partial charge on any atom is 0.341 e. The molecule has 0 spiro atoms. The molecule has 0 radical (unpaired) electrons. The summed E-state index contributed by atoms with van der Waals surface area (Å²) in [7, 11) is 1.24. The molecule has 4 N–H and O–H groups in total. The van der Waals surface area contributed by atoms with E-state index in [9.17, 15) is 14.4 Å². The zero-order valence-corrected chi connectivity index (χ0v) is 19.5. The number of rotatable bonds is 5. The molecule has 0 aliphatic rings. The predicted octanol–water partition coefficient (Wildman–Crippen LogP) is 5.20. The van der Waals surface area contributed by atoms with Crippen LogP contribution in [0.15, 0.2) is 36.4 Å². The van der Waals surface area contributed by atoms with Crippen LogP contribution in [0.3, 0.4) is 0 Å². The fraction of sp³-hybridized carbons (Fsp3) is 0.174. The van der Waals surface area contributed by atoms with Crippen LogP contribution in [-0.4, -0.2) is 24.9 Å². The molecule has 3 rings (SSSR count). The Balaban J connectivity index is 1.95. The molecular formula is C23H22ClN3O4S. The van der Waals surface area contributed by atoms with Gasteiger partial charge >= 0.3 is 5.97 Å². The molecule has 0 bridgehead atoms. The van der Waals surface area contributed by atoms with Gasteiger partial charge in [-0.2, -0.15) is 0 Å². The van der Waals surface area contributed by atoms with E-state index < -0.39 is 11.9 Å². The molecule has 2 aromatic carbocycles.